The number of halogens is 2. The van der Waals surface area contributed by atoms with Crippen LogP contribution in [0.1, 0.15) is 16.7 Å². The third-order valence-corrected chi connectivity index (χ3v) is 3.79. The average Bonchev–Trinajstić information content (AvgIpc) is 2.40. The SMILES string of the molecule is Cc1ccccc1CCNCc1ccc(Br)c(F)c1. The Balaban J connectivity index is 1.81. The highest BCUT2D eigenvalue weighted by Crippen LogP contribution is 2.16. The van der Waals surface area contributed by atoms with Crippen LogP contribution < -0.4 is 5.32 Å². The summed E-state index contributed by atoms with van der Waals surface area (Å²) >= 11 is 3.15. The van der Waals surface area contributed by atoms with Crippen LogP contribution in [0.2, 0.25) is 0 Å². The van der Waals surface area contributed by atoms with E-state index >= 15 is 0 Å². The Kier molecular flexibility index (Phi) is 5.11. The molecule has 2 aromatic carbocycles. The van der Waals surface area contributed by atoms with Crippen LogP contribution in [0, 0.1) is 12.7 Å². The van der Waals surface area contributed by atoms with Crippen LogP contribution >= 0.6 is 15.9 Å². The van der Waals surface area contributed by atoms with Gasteiger partial charge in [-0.15, -0.1) is 0 Å². The molecule has 0 unspecified atom stereocenters. The van der Waals surface area contributed by atoms with E-state index in [9.17, 15) is 4.39 Å². The molecule has 0 saturated heterocycles. The van der Waals surface area contributed by atoms with Gasteiger partial charge in [0, 0.05) is 6.54 Å². The minimum Gasteiger partial charge on any atom is -0.312 e. The first-order valence-electron chi connectivity index (χ1n) is 6.36. The number of nitrogens with one attached hydrogen (secondary N) is 1. The van der Waals surface area contributed by atoms with Crippen molar-refractivity contribution in [1.82, 2.24) is 5.32 Å². The first-order chi connectivity index (χ1) is 9.16. The van der Waals surface area contributed by atoms with Gasteiger partial charge in [-0.1, -0.05) is 30.3 Å². The molecule has 0 saturated carbocycles. The number of hydrogen-bond donors (Lipinski definition) is 1. The standard InChI is InChI=1S/C16H17BrFN/c1-12-4-2-3-5-14(12)8-9-19-11-13-6-7-15(17)16(18)10-13/h2-7,10,19H,8-9,11H2,1H3. The average molecular weight is 322 g/mol. The minimum atomic E-state index is -0.210. The molecule has 3 heteroatoms. The van der Waals surface area contributed by atoms with Crippen molar-refractivity contribution in [2.75, 3.05) is 6.54 Å². The van der Waals surface area contributed by atoms with Crippen molar-refractivity contribution >= 4 is 15.9 Å². The molecule has 0 radical (unpaired) electrons. The summed E-state index contributed by atoms with van der Waals surface area (Å²) in [5.41, 5.74) is 3.64. The fourth-order valence-electron chi connectivity index (χ4n) is 2.00. The van der Waals surface area contributed by atoms with Gasteiger partial charge in [0.15, 0.2) is 0 Å². The Morgan fingerprint density at radius 3 is 2.68 bits per heavy atom. The lowest BCUT2D eigenvalue weighted by molar-refractivity contribution is 0.613. The van der Waals surface area contributed by atoms with Crippen LogP contribution in [-0.2, 0) is 13.0 Å². The van der Waals surface area contributed by atoms with Gasteiger partial charge in [-0.2, -0.15) is 0 Å². The van der Waals surface area contributed by atoms with E-state index in [4.69, 9.17) is 0 Å². The first-order valence-corrected chi connectivity index (χ1v) is 7.15. The summed E-state index contributed by atoms with van der Waals surface area (Å²) in [7, 11) is 0. The van der Waals surface area contributed by atoms with E-state index in [-0.39, 0.29) is 5.82 Å². The van der Waals surface area contributed by atoms with E-state index < -0.39 is 0 Å². The van der Waals surface area contributed by atoms with E-state index in [1.54, 1.807) is 12.1 Å². The van der Waals surface area contributed by atoms with Gasteiger partial charge in [-0.05, 0) is 64.6 Å². The van der Waals surface area contributed by atoms with Crippen molar-refractivity contribution in [3.8, 4) is 0 Å². The van der Waals surface area contributed by atoms with Crippen molar-refractivity contribution in [1.29, 1.82) is 0 Å². The van der Waals surface area contributed by atoms with Gasteiger partial charge in [0.05, 0.1) is 4.47 Å². The normalized spacial score (nSPS) is 10.7. The molecule has 1 nitrogen and oxygen atoms in total. The van der Waals surface area contributed by atoms with E-state index in [1.807, 2.05) is 6.07 Å². The van der Waals surface area contributed by atoms with Crippen LogP contribution in [-0.4, -0.2) is 6.54 Å². The zero-order chi connectivity index (χ0) is 13.7. The molecule has 0 spiro atoms. The summed E-state index contributed by atoms with van der Waals surface area (Å²) in [6.45, 7) is 3.71. The van der Waals surface area contributed by atoms with E-state index in [2.05, 4.69) is 52.4 Å². The van der Waals surface area contributed by atoms with Gasteiger partial charge in [0.25, 0.3) is 0 Å². The Hall–Kier alpha value is -1.19. The lowest BCUT2D eigenvalue weighted by Gasteiger charge is -2.08. The molecule has 0 heterocycles. The summed E-state index contributed by atoms with van der Waals surface area (Å²) < 4.78 is 13.8. The molecule has 2 rings (SSSR count). The van der Waals surface area contributed by atoms with Crippen molar-refractivity contribution in [3.05, 3.63) is 69.4 Å². The lowest BCUT2D eigenvalue weighted by atomic mass is 10.1. The number of aryl methyl sites for hydroxylation is 1. The fourth-order valence-corrected chi connectivity index (χ4v) is 2.24. The smallest absolute Gasteiger partial charge is 0.137 e. The quantitative estimate of drug-likeness (QED) is 0.813. The molecule has 19 heavy (non-hydrogen) atoms. The highest BCUT2D eigenvalue weighted by Gasteiger charge is 2.01. The minimum absolute atomic E-state index is 0.210. The molecular weight excluding hydrogens is 305 g/mol. The van der Waals surface area contributed by atoms with E-state index in [0.717, 1.165) is 18.5 Å². The van der Waals surface area contributed by atoms with E-state index in [0.29, 0.717) is 11.0 Å². The predicted molar refractivity (Wildman–Crippen MR) is 80.7 cm³/mol. The van der Waals surface area contributed by atoms with Crippen LogP contribution in [0.15, 0.2) is 46.9 Å². The maximum atomic E-state index is 13.3. The highest BCUT2D eigenvalue weighted by atomic mass is 79.9. The zero-order valence-corrected chi connectivity index (χ0v) is 12.5. The topological polar surface area (TPSA) is 12.0 Å². The second-order valence-electron chi connectivity index (χ2n) is 4.60. The molecule has 1 N–H and O–H groups in total. The molecule has 0 aliphatic rings. The van der Waals surface area contributed by atoms with Gasteiger partial charge in [-0.25, -0.2) is 4.39 Å². The zero-order valence-electron chi connectivity index (χ0n) is 10.9. The fraction of sp³-hybridized carbons (Fsp3) is 0.250. The van der Waals surface area contributed by atoms with Crippen molar-refractivity contribution in [2.24, 2.45) is 0 Å². The molecule has 0 aliphatic carbocycles. The summed E-state index contributed by atoms with van der Waals surface area (Å²) in [5, 5.41) is 3.34. The molecule has 100 valence electrons. The summed E-state index contributed by atoms with van der Waals surface area (Å²) in [6.07, 6.45) is 0.992. The number of hydrogen-bond acceptors (Lipinski definition) is 1. The highest BCUT2D eigenvalue weighted by molar-refractivity contribution is 9.10. The van der Waals surface area contributed by atoms with Crippen LogP contribution in [0.5, 0.6) is 0 Å². The Morgan fingerprint density at radius 2 is 1.95 bits per heavy atom. The van der Waals surface area contributed by atoms with Gasteiger partial charge in [0.2, 0.25) is 0 Å². The maximum Gasteiger partial charge on any atom is 0.137 e. The summed E-state index contributed by atoms with van der Waals surface area (Å²) in [5.74, 6) is -0.210. The van der Waals surface area contributed by atoms with Crippen molar-refractivity contribution in [3.63, 3.8) is 0 Å². The molecule has 0 bridgehead atoms. The largest absolute Gasteiger partial charge is 0.312 e. The molecular formula is C16H17BrFN. The van der Waals surface area contributed by atoms with Gasteiger partial charge >= 0.3 is 0 Å². The Morgan fingerprint density at radius 1 is 1.16 bits per heavy atom. The van der Waals surface area contributed by atoms with Crippen LogP contribution in [0.4, 0.5) is 4.39 Å². The van der Waals surface area contributed by atoms with Gasteiger partial charge < -0.3 is 5.32 Å². The van der Waals surface area contributed by atoms with E-state index in [1.165, 1.54) is 11.1 Å². The molecule has 2 aromatic rings. The van der Waals surface area contributed by atoms with Crippen LogP contribution in [0.3, 0.4) is 0 Å². The molecule has 0 aliphatic heterocycles. The van der Waals surface area contributed by atoms with Crippen LogP contribution in [0.25, 0.3) is 0 Å². The maximum absolute atomic E-state index is 13.3. The lowest BCUT2D eigenvalue weighted by Crippen LogP contribution is -2.17. The summed E-state index contributed by atoms with van der Waals surface area (Å²) in [6, 6.07) is 13.6. The molecule has 0 aromatic heterocycles. The predicted octanol–water partition coefficient (Wildman–Crippen LogP) is 4.23. The van der Waals surface area contributed by atoms with Gasteiger partial charge in [-0.3, -0.25) is 0 Å². The summed E-state index contributed by atoms with van der Waals surface area (Å²) in [4.78, 5) is 0. The first kappa shape index (κ1) is 14.2. The second-order valence-corrected chi connectivity index (χ2v) is 5.46. The number of rotatable bonds is 5. The monoisotopic (exact) mass is 321 g/mol. The second kappa shape index (κ2) is 6.83. The third-order valence-electron chi connectivity index (χ3n) is 3.15. The van der Waals surface area contributed by atoms with Crippen molar-refractivity contribution in [2.45, 2.75) is 19.9 Å². The van der Waals surface area contributed by atoms with Gasteiger partial charge in [0.1, 0.15) is 5.82 Å². The van der Waals surface area contributed by atoms with Crippen molar-refractivity contribution < 1.29 is 4.39 Å². The molecule has 0 fully saturated rings. The molecule has 0 amide bonds. The Bertz CT molecular complexity index is 554. The molecule has 0 atom stereocenters. The number of benzene rings is 2. The third kappa shape index (κ3) is 4.15. The Labute approximate surface area is 122 Å².